The molecule has 1 aliphatic heterocycles. The van der Waals surface area contributed by atoms with Gasteiger partial charge in [0.1, 0.15) is 0 Å². The van der Waals surface area contributed by atoms with E-state index >= 15 is 0 Å². The molecule has 1 heterocycles. The Morgan fingerprint density at radius 3 is 3.00 bits per heavy atom. The second-order valence-electron chi connectivity index (χ2n) is 4.61. The zero-order valence-electron chi connectivity index (χ0n) is 10.2. The fraction of sp³-hybridized carbons (Fsp3) is 0.538. The molecule has 3 nitrogen and oxygen atoms in total. The van der Waals surface area contributed by atoms with Crippen LogP contribution < -0.4 is 16.0 Å². The van der Waals surface area contributed by atoms with Crippen molar-refractivity contribution in [3.63, 3.8) is 0 Å². The molecule has 0 bridgehead atoms. The molecular weight excluding hydrogens is 198 g/mol. The van der Waals surface area contributed by atoms with Gasteiger partial charge in [0.25, 0.3) is 0 Å². The second-order valence-corrected chi connectivity index (χ2v) is 4.61. The Kier molecular flexibility index (Phi) is 3.34. The molecule has 3 heteroatoms. The Balaban J connectivity index is 2.33. The molecule has 0 saturated carbocycles. The minimum atomic E-state index is 0.505. The van der Waals surface area contributed by atoms with Crippen molar-refractivity contribution < 1.29 is 0 Å². The molecule has 1 unspecified atom stereocenters. The van der Waals surface area contributed by atoms with Crippen LogP contribution in [0.3, 0.4) is 0 Å². The van der Waals surface area contributed by atoms with Gasteiger partial charge in [-0.1, -0.05) is 12.1 Å². The van der Waals surface area contributed by atoms with Crippen molar-refractivity contribution in [1.82, 2.24) is 5.32 Å². The molecule has 16 heavy (non-hydrogen) atoms. The summed E-state index contributed by atoms with van der Waals surface area (Å²) in [5.74, 6) is 0. The van der Waals surface area contributed by atoms with E-state index in [1.165, 1.54) is 17.7 Å². The summed E-state index contributed by atoms with van der Waals surface area (Å²) < 4.78 is 0. The number of nitrogen functional groups attached to an aromatic ring is 1. The highest BCUT2D eigenvalue weighted by atomic mass is 15.2. The third kappa shape index (κ3) is 2.14. The van der Waals surface area contributed by atoms with Gasteiger partial charge in [-0.05, 0) is 38.4 Å². The highest BCUT2D eigenvalue weighted by Crippen LogP contribution is 2.29. The maximum atomic E-state index is 6.10. The van der Waals surface area contributed by atoms with Crippen LogP contribution in [0.1, 0.15) is 18.9 Å². The number of nitrogens with one attached hydrogen (secondary N) is 1. The Labute approximate surface area is 97.6 Å². The summed E-state index contributed by atoms with van der Waals surface area (Å²) in [6.07, 6.45) is 1.18. The molecule has 0 radical (unpaired) electrons. The number of anilines is 2. The van der Waals surface area contributed by atoms with Crippen molar-refractivity contribution in [2.75, 3.05) is 30.3 Å². The first-order chi connectivity index (χ1) is 7.70. The van der Waals surface area contributed by atoms with Crippen LogP contribution in [0.25, 0.3) is 0 Å². The minimum absolute atomic E-state index is 0.505. The van der Waals surface area contributed by atoms with Gasteiger partial charge in [0.2, 0.25) is 0 Å². The van der Waals surface area contributed by atoms with Crippen LogP contribution in [-0.4, -0.2) is 25.7 Å². The summed E-state index contributed by atoms with van der Waals surface area (Å²) in [5, 5.41) is 3.45. The van der Waals surface area contributed by atoms with E-state index in [1.54, 1.807) is 0 Å². The predicted octanol–water partition coefficient (Wildman–Crippen LogP) is 1.77. The first-order valence-electron chi connectivity index (χ1n) is 6.02. The van der Waals surface area contributed by atoms with Crippen LogP contribution in [0.4, 0.5) is 11.4 Å². The van der Waals surface area contributed by atoms with Gasteiger partial charge in [0.15, 0.2) is 0 Å². The zero-order chi connectivity index (χ0) is 11.5. The van der Waals surface area contributed by atoms with Crippen molar-refractivity contribution >= 4 is 11.4 Å². The first-order valence-corrected chi connectivity index (χ1v) is 6.02. The smallest absolute Gasteiger partial charge is 0.0632 e. The Morgan fingerprint density at radius 2 is 2.25 bits per heavy atom. The van der Waals surface area contributed by atoms with E-state index in [9.17, 15) is 0 Å². The number of rotatable bonds is 1. The minimum Gasteiger partial charge on any atom is -0.397 e. The number of hydrogen-bond donors (Lipinski definition) is 2. The summed E-state index contributed by atoms with van der Waals surface area (Å²) in [6.45, 7) is 7.62. The quantitative estimate of drug-likeness (QED) is 0.707. The molecule has 1 saturated heterocycles. The van der Waals surface area contributed by atoms with Gasteiger partial charge in [-0.15, -0.1) is 0 Å². The van der Waals surface area contributed by atoms with E-state index in [2.05, 4.69) is 30.1 Å². The van der Waals surface area contributed by atoms with Crippen LogP contribution >= 0.6 is 0 Å². The summed E-state index contributed by atoms with van der Waals surface area (Å²) >= 11 is 0. The zero-order valence-corrected chi connectivity index (χ0v) is 10.2. The van der Waals surface area contributed by atoms with Gasteiger partial charge >= 0.3 is 0 Å². The lowest BCUT2D eigenvalue weighted by molar-refractivity contribution is 0.630. The van der Waals surface area contributed by atoms with Gasteiger partial charge in [-0.25, -0.2) is 0 Å². The van der Waals surface area contributed by atoms with Crippen LogP contribution in [-0.2, 0) is 0 Å². The van der Waals surface area contributed by atoms with E-state index in [4.69, 9.17) is 5.73 Å². The normalized spacial score (nSPS) is 21.9. The summed E-state index contributed by atoms with van der Waals surface area (Å²) in [5.41, 5.74) is 9.49. The largest absolute Gasteiger partial charge is 0.397 e. The molecule has 88 valence electrons. The van der Waals surface area contributed by atoms with Crippen molar-refractivity contribution in [2.24, 2.45) is 0 Å². The highest BCUT2D eigenvalue weighted by Gasteiger charge is 2.19. The third-order valence-electron chi connectivity index (χ3n) is 3.28. The monoisotopic (exact) mass is 219 g/mol. The fourth-order valence-electron chi connectivity index (χ4n) is 2.42. The summed E-state index contributed by atoms with van der Waals surface area (Å²) in [6, 6.07) is 6.66. The first kappa shape index (κ1) is 11.3. The van der Waals surface area contributed by atoms with E-state index in [0.717, 1.165) is 25.3 Å². The number of aryl methyl sites for hydroxylation is 1. The lowest BCUT2D eigenvalue weighted by atomic mass is 10.1. The highest BCUT2D eigenvalue weighted by molar-refractivity contribution is 5.71. The van der Waals surface area contributed by atoms with Gasteiger partial charge in [0.05, 0.1) is 11.4 Å². The average molecular weight is 219 g/mol. The van der Waals surface area contributed by atoms with Crippen molar-refractivity contribution in [3.05, 3.63) is 23.8 Å². The van der Waals surface area contributed by atoms with Crippen LogP contribution in [0.2, 0.25) is 0 Å². The number of nitrogens with two attached hydrogens (primary N) is 1. The number of benzene rings is 1. The number of nitrogens with zero attached hydrogens (tertiary/aromatic N) is 1. The van der Waals surface area contributed by atoms with Crippen LogP contribution in [0.15, 0.2) is 18.2 Å². The van der Waals surface area contributed by atoms with E-state index in [0.29, 0.717) is 6.04 Å². The van der Waals surface area contributed by atoms with E-state index in [1.807, 2.05) is 12.1 Å². The molecular formula is C13H21N3. The third-order valence-corrected chi connectivity index (χ3v) is 3.28. The van der Waals surface area contributed by atoms with Gasteiger partial charge in [-0.3, -0.25) is 0 Å². The molecule has 1 aromatic carbocycles. The van der Waals surface area contributed by atoms with Crippen molar-refractivity contribution in [1.29, 1.82) is 0 Å². The average Bonchev–Trinajstić information content (AvgIpc) is 2.44. The standard InChI is InChI=1S/C13H21N3/c1-10-5-3-6-12(14)13(10)16-8-4-7-15-9-11(16)2/h3,5-6,11,15H,4,7-9,14H2,1-2H3. The molecule has 0 aromatic heterocycles. The topological polar surface area (TPSA) is 41.3 Å². The Bertz CT molecular complexity index is 342. The Hall–Kier alpha value is -1.22. The summed E-state index contributed by atoms with van der Waals surface area (Å²) in [4.78, 5) is 2.44. The molecule has 1 aliphatic rings. The van der Waals surface area contributed by atoms with E-state index in [-0.39, 0.29) is 0 Å². The van der Waals surface area contributed by atoms with Crippen LogP contribution in [0, 0.1) is 6.92 Å². The molecule has 1 atom stereocenters. The fourth-order valence-corrected chi connectivity index (χ4v) is 2.42. The Morgan fingerprint density at radius 1 is 1.44 bits per heavy atom. The maximum Gasteiger partial charge on any atom is 0.0632 e. The van der Waals surface area contributed by atoms with Gasteiger partial charge < -0.3 is 16.0 Å². The van der Waals surface area contributed by atoms with Crippen molar-refractivity contribution in [2.45, 2.75) is 26.3 Å². The second kappa shape index (κ2) is 4.74. The number of para-hydroxylation sites is 1. The predicted molar refractivity (Wildman–Crippen MR) is 69.9 cm³/mol. The maximum absolute atomic E-state index is 6.10. The van der Waals surface area contributed by atoms with E-state index < -0.39 is 0 Å². The lowest BCUT2D eigenvalue weighted by Crippen LogP contribution is -2.38. The molecule has 1 aromatic rings. The van der Waals surface area contributed by atoms with Crippen molar-refractivity contribution in [3.8, 4) is 0 Å². The lowest BCUT2D eigenvalue weighted by Gasteiger charge is -2.31. The molecule has 0 spiro atoms. The molecule has 0 amide bonds. The SMILES string of the molecule is Cc1cccc(N)c1N1CCCNCC1C. The van der Waals surface area contributed by atoms with Crippen LogP contribution in [0.5, 0.6) is 0 Å². The molecule has 0 aliphatic carbocycles. The molecule has 1 fully saturated rings. The van der Waals surface area contributed by atoms with Gasteiger partial charge in [0, 0.05) is 19.1 Å². The molecule has 2 rings (SSSR count). The van der Waals surface area contributed by atoms with Gasteiger partial charge in [-0.2, -0.15) is 0 Å². The summed E-state index contributed by atoms with van der Waals surface area (Å²) in [7, 11) is 0. The molecule has 3 N–H and O–H groups in total. The number of hydrogen-bond acceptors (Lipinski definition) is 3.